The molecule has 3 nitrogen and oxygen atoms in total. The minimum Gasteiger partial charge on any atom is -0.356 e. The Kier molecular flexibility index (Phi) is 6.89. The summed E-state index contributed by atoms with van der Waals surface area (Å²) in [5.74, 6) is 0.632. The lowest BCUT2D eigenvalue weighted by Crippen LogP contribution is -2.30. The van der Waals surface area contributed by atoms with E-state index in [4.69, 9.17) is 0 Å². The van der Waals surface area contributed by atoms with Gasteiger partial charge in [-0.3, -0.25) is 4.79 Å². The van der Waals surface area contributed by atoms with Crippen molar-refractivity contribution in [2.75, 3.05) is 13.1 Å². The molecule has 5 heteroatoms. The van der Waals surface area contributed by atoms with Crippen LogP contribution in [0.2, 0.25) is 0 Å². The van der Waals surface area contributed by atoms with Crippen molar-refractivity contribution in [1.29, 1.82) is 0 Å². The summed E-state index contributed by atoms with van der Waals surface area (Å²) in [5, 5.41) is 6.20. The molecule has 1 amide bonds. The number of thiophene rings is 1. The second-order valence-corrected chi connectivity index (χ2v) is 6.94. The van der Waals surface area contributed by atoms with Crippen molar-refractivity contribution in [3.8, 4) is 0 Å². The molecule has 0 aliphatic carbocycles. The van der Waals surface area contributed by atoms with Crippen LogP contribution in [0.3, 0.4) is 0 Å². The van der Waals surface area contributed by atoms with E-state index in [1.165, 1.54) is 14.2 Å². The molecular weight excluding hydrogens is 312 g/mol. The molecule has 102 valence electrons. The van der Waals surface area contributed by atoms with E-state index in [0.717, 1.165) is 19.6 Å². The van der Waals surface area contributed by atoms with Crippen LogP contribution in [0.5, 0.6) is 0 Å². The lowest BCUT2D eigenvalue weighted by molar-refractivity contribution is -0.121. The Hall–Kier alpha value is -0.390. The molecule has 0 radical (unpaired) electrons. The van der Waals surface area contributed by atoms with Gasteiger partial charge in [0.15, 0.2) is 0 Å². The fourth-order valence-electron chi connectivity index (χ4n) is 1.42. The van der Waals surface area contributed by atoms with E-state index in [0.29, 0.717) is 12.3 Å². The van der Waals surface area contributed by atoms with Crippen molar-refractivity contribution in [3.63, 3.8) is 0 Å². The quantitative estimate of drug-likeness (QED) is 0.753. The fourth-order valence-corrected chi connectivity index (χ4v) is 3.00. The maximum absolute atomic E-state index is 11.5. The highest BCUT2D eigenvalue weighted by Gasteiger charge is 2.04. The highest BCUT2D eigenvalue weighted by atomic mass is 79.9. The van der Waals surface area contributed by atoms with Crippen LogP contribution in [0.25, 0.3) is 0 Å². The molecule has 0 aliphatic rings. The Morgan fingerprint density at radius 2 is 2.22 bits per heavy atom. The summed E-state index contributed by atoms with van der Waals surface area (Å²) in [6.45, 7) is 8.59. The molecule has 0 atom stereocenters. The topological polar surface area (TPSA) is 41.1 Å². The fraction of sp³-hybridized carbons (Fsp3) is 0.615. The molecule has 0 fully saturated rings. The molecule has 0 aromatic carbocycles. The minimum absolute atomic E-state index is 0.125. The number of hydrogen-bond donors (Lipinski definition) is 2. The summed E-state index contributed by atoms with van der Waals surface area (Å²) >= 11 is 5.28. The molecule has 0 bridgehead atoms. The first kappa shape index (κ1) is 15.7. The maximum atomic E-state index is 11.5. The van der Waals surface area contributed by atoms with Gasteiger partial charge in [0.2, 0.25) is 5.91 Å². The molecule has 1 aromatic heterocycles. The molecule has 0 aliphatic heterocycles. The predicted octanol–water partition coefficient (Wildman–Crippen LogP) is 3.07. The number of amides is 1. The highest BCUT2D eigenvalue weighted by Crippen LogP contribution is 2.25. The van der Waals surface area contributed by atoms with E-state index in [9.17, 15) is 4.79 Å². The first-order valence-electron chi connectivity index (χ1n) is 6.21. The van der Waals surface area contributed by atoms with Gasteiger partial charge in [0.1, 0.15) is 0 Å². The van der Waals surface area contributed by atoms with Crippen LogP contribution in [0.4, 0.5) is 0 Å². The van der Waals surface area contributed by atoms with Gasteiger partial charge < -0.3 is 10.6 Å². The molecule has 0 unspecified atom stereocenters. The standard InChI is InChI=1S/C13H21BrN2OS/c1-9(2)7-16-13(17)4-5-15-8-11-6-12(14)10(3)18-11/h6,9,15H,4-5,7-8H2,1-3H3,(H,16,17). The molecule has 0 saturated carbocycles. The minimum atomic E-state index is 0.125. The number of aryl methyl sites for hydroxylation is 1. The smallest absolute Gasteiger partial charge is 0.221 e. The average molecular weight is 333 g/mol. The van der Waals surface area contributed by atoms with Crippen LogP contribution in [0.1, 0.15) is 30.0 Å². The van der Waals surface area contributed by atoms with Gasteiger partial charge in [-0.25, -0.2) is 0 Å². The first-order chi connectivity index (χ1) is 8.49. The summed E-state index contributed by atoms with van der Waals surface area (Å²) in [6.07, 6.45) is 0.540. The van der Waals surface area contributed by atoms with E-state index >= 15 is 0 Å². The summed E-state index contributed by atoms with van der Waals surface area (Å²) in [7, 11) is 0. The Balaban J connectivity index is 2.13. The van der Waals surface area contributed by atoms with Crippen LogP contribution in [-0.2, 0) is 11.3 Å². The van der Waals surface area contributed by atoms with Crippen LogP contribution in [-0.4, -0.2) is 19.0 Å². The molecule has 2 N–H and O–H groups in total. The van der Waals surface area contributed by atoms with Gasteiger partial charge in [-0.15, -0.1) is 11.3 Å². The predicted molar refractivity (Wildman–Crippen MR) is 80.9 cm³/mol. The van der Waals surface area contributed by atoms with Gasteiger partial charge in [-0.2, -0.15) is 0 Å². The molecule has 1 aromatic rings. The van der Waals surface area contributed by atoms with Gasteiger partial charge in [0, 0.05) is 40.3 Å². The van der Waals surface area contributed by atoms with E-state index < -0.39 is 0 Å². The number of carbonyl (C=O) groups excluding carboxylic acids is 1. The second-order valence-electron chi connectivity index (χ2n) is 4.74. The average Bonchev–Trinajstić information content (AvgIpc) is 2.62. The van der Waals surface area contributed by atoms with Crippen molar-refractivity contribution < 1.29 is 4.79 Å². The first-order valence-corrected chi connectivity index (χ1v) is 7.82. The Bertz CT molecular complexity index is 371. The lowest BCUT2D eigenvalue weighted by atomic mass is 10.2. The summed E-state index contributed by atoms with van der Waals surface area (Å²) in [4.78, 5) is 14.0. The van der Waals surface area contributed by atoms with Crippen LogP contribution in [0, 0.1) is 12.8 Å². The summed E-state index contributed by atoms with van der Waals surface area (Å²) in [5.41, 5.74) is 0. The molecule has 0 spiro atoms. The van der Waals surface area contributed by atoms with Gasteiger partial charge in [0.05, 0.1) is 0 Å². The summed E-state index contributed by atoms with van der Waals surface area (Å²) < 4.78 is 1.17. The Morgan fingerprint density at radius 3 is 2.78 bits per heavy atom. The lowest BCUT2D eigenvalue weighted by Gasteiger charge is -2.07. The highest BCUT2D eigenvalue weighted by molar-refractivity contribution is 9.10. The number of hydrogen-bond acceptors (Lipinski definition) is 3. The third kappa shape index (κ3) is 5.98. The Labute approximate surface area is 121 Å². The van der Waals surface area contributed by atoms with Gasteiger partial charge >= 0.3 is 0 Å². The molecule has 18 heavy (non-hydrogen) atoms. The monoisotopic (exact) mass is 332 g/mol. The van der Waals surface area contributed by atoms with Crippen molar-refractivity contribution in [3.05, 3.63) is 20.3 Å². The number of carbonyl (C=O) groups is 1. The van der Waals surface area contributed by atoms with E-state index in [2.05, 4.69) is 53.4 Å². The maximum Gasteiger partial charge on any atom is 0.221 e. The van der Waals surface area contributed by atoms with E-state index in [1.54, 1.807) is 11.3 Å². The van der Waals surface area contributed by atoms with Crippen molar-refractivity contribution in [2.45, 2.75) is 33.7 Å². The van der Waals surface area contributed by atoms with Crippen molar-refractivity contribution in [1.82, 2.24) is 10.6 Å². The zero-order valence-corrected chi connectivity index (χ0v) is 13.6. The van der Waals surface area contributed by atoms with Crippen LogP contribution < -0.4 is 10.6 Å². The van der Waals surface area contributed by atoms with Crippen LogP contribution >= 0.6 is 27.3 Å². The van der Waals surface area contributed by atoms with Crippen LogP contribution in [0.15, 0.2) is 10.5 Å². The van der Waals surface area contributed by atoms with Gasteiger partial charge in [-0.1, -0.05) is 13.8 Å². The van der Waals surface area contributed by atoms with Crippen molar-refractivity contribution >= 4 is 33.2 Å². The Morgan fingerprint density at radius 1 is 1.50 bits per heavy atom. The normalized spacial score (nSPS) is 10.9. The zero-order valence-electron chi connectivity index (χ0n) is 11.2. The summed E-state index contributed by atoms with van der Waals surface area (Å²) in [6, 6.07) is 2.13. The SMILES string of the molecule is Cc1sc(CNCCC(=O)NCC(C)C)cc1Br. The van der Waals surface area contributed by atoms with Crippen molar-refractivity contribution in [2.24, 2.45) is 5.92 Å². The third-order valence-corrected chi connectivity index (χ3v) is 4.58. The second kappa shape index (κ2) is 7.92. The third-order valence-electron chi connectivity index (χ3n) is 2.44. The molecule has 1 rings (SSSR count). The number of rotatable bonds is 7. The number of nitrogens with one attached hydrogen (secondary N) is 2. The van der Waals surface area contributed by atoms with E-state index in [-0.39, 0.29) is 5.91 Å². The van der Waals surface area contributed by atoms with Gasteiger partial charge in [-0.05, 0) is 34.8 Å². The molecule has 0 saturated heterocycles. The molecule has 1 heterocycles. The van der Waals surface area contributed by atoms with E-state index in [1.807, 2.05) is 0 Å². The van der Waals surface area contributed by atoms with Gasteiger partial charge in [0.25, 0.3) is 0 Å². The largest absolute Gasteiger partial charge is 0.356 e. The molecular formula is C13H21BrN2OS. The zero-order chi connectivity index (χ0) is 13.5. The number of halogens is 1.